The number of esters is 2. The van der Waals surface area contributed by atoms with E-state index in [-0.39, 0.29) is 35.5 Å². The van der Waals surface area contributed by atoms with E-state index in [9.17, 15) is 14.4 Å². The summed E-state index contributed by atoms with van der Waals surface area (Å²) in [6, 6.07) is 42.5. The van der Waals surface area contributed by atoms with E-state index in [0.717, 1.165) is 39.0 Å². The van der Waals surface area contributed by atoms with Crippen molar-refractivity contribution in [1.29, 1.82) is 0 Å². The summed E-state index contributed by atoms with van der Waals surface area (Å²) in [7, 11) is 0. The number of rotatable bonds is 13. The molecule has 0 saturated heterocycles. The molecule has 0 aromatic heterocycles. The normalized spacial score (nSPS) is 20.5. The lowest BCUT2D eigenvalue weighted by molar-refractivity contribution is -0.150. The summed E-state index contributed by atoms with van der Waals surface area (Å²) in [6.45, 7) is 12.3. The number of hydrogen-bond donors (Lipinski definition) is 1. The summed E-state index contributed by atoms with van der Waals surface area (Å²) in [5.74, 6) is 0.314. The van der Waals surface area contributed by atoms with Gasteiger partial charge in [-0.3, -0.25) is 19.3 Å². The van der Waals surface area contributed by atoms with Crippen LogP contribution in [0.25, 0.3) is 0 Å². The van der Waals surface area contributed by atoms with Crippen LogP contribution in [0.3, 0.4) is 0 Å². The minimum absolute atomic E-state index is 0.0222. The van der Waals surface area contributed by atoms with Crippen LogP contribution in [0.2, 0.25) is 0 Å². The Morgan fingerprint density at radius 1 is 0.585 bits per heavy atom. The quantitative estimate of drug-likeness (QED) is 0.138. The van der Waals surface area contributed by atoms with Gasteiger partial charge in [0.25, 0.3) is 0 Å². The predicted octanol–water partition coefficient (Wildman–Crippen LogP) is 8.81. The van der Waals surface area contributed by atoms with E-state index in [2.05, 4.69) is 126 Å². The number of carbonyl (C=O) groups is 3. The molecule has 7 nitrogen and oxygen atoms in total. The molecule has 2 aliphatic rings. The molecule has 53 heavy (non-hydrogen) atoms. The molecule has 6 rings (SSSR count). The van der Waals surface area contributed by atoms with Crippen LogP contribution in [0.5, 0.6) is 0 Å². The number of ether oxygens (including phenoxy) is 2. The third-order valence-corrected chi connectivity index (χ3v) is 10.0. The fourth-order valence-electron chi connectivity index (χ4n) is 7.18. The van der Waals surface area contributed by atoms with Crippen LogP contribution in [0.1, 0.15) is 75.6 Å². The Bertz CT molecular complexity index is 1550. The van der Waals surface area contributed by atoms with E-state index in [1.807, 2.05) is 26.0 Å². The highest BCUT2D eigenvalue weighted by Gasteiger charge is 2.39. The molecular weight excluding hydrogens is 661 g/mol. The Labute approximate surface area is 317 Å². The maximum atomic E-state index is 12.3. The molecule has 0 bridgehead atoms. The van der Waals surface area contributed by atoms with Gasteiger partial charge in [0, 0.05) is 45.1 Å². The smallest absolute Gasteiger partial charge is 0.309 e. The second-order valence-corrected chi connectivity index (χ2v) is 14.2. The van der Waals surface area contributed by atoms with Crippen LogP contribution >= 0.6 is 0 Å². The van der Waals surface area contributed by atoms with Crippen molar-refractivity contribution in [3.05, 3.63) is 144 Å². The van der Waals surface area contributed by atoms with Crippen molar-refractivity contribution in [2.24, 2.45) is 23.7 Å². The molecule has 2 aliphatic carbocycles. The van der Waals surface area contributed by atoms with Crippen molar-refractivity contribution >= 4 is 17.7 Å². The van der Waals surface area contributed by atoms with Crippen molar-refractivity contribution in [2.45, 2.75) is 85.6 Å². The fourth-order valence-corrected chi connectivity index (χ4v) is 7.18. The molecule has 0 aliphatic heterocycles. The number of nitrogens with zero attached hydrogens (tertiary/aromatic N) is 1. The molecular formula is C46H58N2O5. The first-order chi connectivity index (χ1) is 25.8. The van der Waals surface area contributed by atoms with E-state index < -0.39 is 0 Å². The van der Waals surface area contributed by atoms with Gasteiger partial charge in [-0.2, -0.15) is 0 Å². The summed E-state index contributed by atoms with van der Waals surface area (Å²) < 4.78 is 10.2. The molecule has 4 aromatic carbocycles. The van der Waals surface area contributed by atoms with Gasteiger partial charge in [-0.05, 0) is 60.8 Å². The summed E-state index contributed by atoms with van der Waals surface area (Å²) in [6.07, 6.45) is 2.84. The maximum Gasteiger partial charge on any atom is 0.309 e. The first-order valence-corrected chi connectivity index (χ1v) is 19.2. The predicted molar refractivity (Wildman–Crippen MR) is 211 cm³/mol. The zero-order chi connectivity index (χ0) is 37.8. The Balaban J connectivity index is 0.000000196. The SMILES string of the molecule is CCOC(=O)C1CC(=O)CC1C.CCOC(=O)C1CC(N(Cc2ccccc2)Cc2ccccc2)CC1C.c1ccc(CNCc2ccccc2)cc1. The van der Waals surface area contributed by atoms with Gasteiger partial charge < -0.3 is 14.8 Å². The average molecular weight is 719 g/mol. The number of hydrogen-bond acceptors (Lipinski definition) is 7. The molecule has 0 amide bonds. The molecule has 2 fully saturated rings. The molecule has 2 saturated carbocycles. The lowest BCUT2D eigenvalue weighted by atomic mass is 9.99. The standard InChI is InChI=1S/C23H29NO2.C14H15N.C9H14O3/c1-3-26-23(25)22-15-21(14-18(22)2)24(16-19-10-6-4-7-11-19)17-20-12-8-5-9-13-20;1-3-7-13(8-4-1)11-15-12-14-9-5-2-6-10-14;1-3-12-9(11)8-5-7(10)4-6(8)2/h4-13,18,21-22H,3,14-17H2,1-2H3;1-10,15H,11-12H2;6,8H,3-5H2,1-2H3. The molecule has 5 unspecified atom stereocenters. The largest absolute Gasteiger partial charge is 0.466 e. The summed E-state index contributed by atoms with van der Waals surface area (Å²) in [5, 5.41) is 3.42. The van der Waals surface area contributed by atoms with E-state index >= 15 is 0 Å². The lowest BCUT2D eigenvalue weighted by Crippen LogP contribution is -2.33. The highest BCUT2D eigenvalue weighted by molar-refractivity contribution is 5.88. The number of Topliss-reactive ketones (excluding diaryl/α,β-unsaturated/α-hetero) is 1. The maximum absolute atomic E-state index is 12.3. The first kappa shape index (κ1) is 41.2. The monoisotopic (exact) mass is 718 g/mol. The van der Waals surface area contributed by atoms with Gasteiger partial charge in [-0.25, -0.2) is 0 Å². The van der Waals surface area contributed by atoms with Crippen molar-refractivity contribution in [3.8, 4) is 0 Å². The molecule has 5 atom stereocenters. The fraction of sp³-hybridized carbons (Fsp3) is 0.413. The molecule has 0 heterocycles. The Kier molecular flexibility index (Phi) is 17.5. The molecule has 0 radical (unpaired) electrons. The van der Waals surface area contributed by atoms with E-state index in [0.29, 0.717) is 38.0 Å². The van der Waals surface area contributed by atoms with Gasteiger partial charge in [-0.15, -0.1) is 0 Å². The Morgan fingerprint density at radius 3 is 1.40 bits per heavy atom. The number of benzene rings is 4. The third kappa shape index (κ3) is 14.1. The minimum atomic E-state index is -0.212. The molecule has 1 N–H and O–H groups in total. The highest BCUT2D eigenvalue weighted by atomic mass is 16.5. The second kappa shape index (κ2) is 22.5. The summed E-state index contributed by atoms with van der Waals surface area (Å²) in [4.78, 5) is 37.0. The van der Waals surface area contributed by atoms with Gasteiger partial charge in [0.2, 0.25) is 0 Å². The highest BCUT2D eigenvalue weighted by Crippen LogP contribution is 2.37. The molecule has 282 valence electrons. The van der Waals surface area contributed by atoms with Crippen molar-refractivity contribution in [1.82, 2.24) is 10.2 Å². The van der Waals surface area contributed by atoms with Crippen LogP contribution in [0.4, 0.5) is 0 Å². The van der Waals surface area contributed by atoms with Crippen LogP contribution < -0.4 is 5.32 Å². The zero-order valence-corrected chi connectivity index (χ0v) is 32.0. The number of nitrogens with one attached hydrogen (secondary N) is 1. The first-order valence-electron chi connectivity index (χ1n) is 19.2. The van der Waals surface area contributed by atoms with Gasteiger partial charge >= 0.3 is 11.9 Å². The summed E-state index contributed by atoms with van der Waals surface area (Å²) >= 11 is 0. The van der Waals surface area contributed by atoms with Crippen LogP contribution in [0, 0.1) is 23.7 Å². The van der Waals surface area contributed by atoms with Gasteiger partial charge in [0.1, 0.15) is 5.78 Å². The van der Waals surface area contributed by atoms with Gasteiger partial charge in [0.05, 0.1) is 25.0 Å². The third-order valence-electron chi connectivity index (χ3n) is 10.0. The van der Waals surface area contributed by atoms with Crippen molar-refractivity contribution < 1.29 is 23.9 Å². The van der Waals surface area contributed by atoms with Gasteiger partial charge in [0.15, 0.2) is 0 Å². The Hall–Kier alpha value is -4.59. The van der Waals surface area contributed by atoms with Crippen molar-refractivity contribution in [3.63, 3.8) is 0 Å². The number of ketones is 1. The van der Waals surface area contributed by atoms with Crippen LogP contribution in [0.15, 0.2) is 121 Å². The topological polar surface area (TPSA) is 84.9 Å². The van der Waals surface area contributed by atoms with Crippen molar-refractivity contribution in [2.75, 3.05) is 13.2 Å². The minimum Gasteiger partial charge on any atom is -0.466 e. The van der Waals surface area contributed by atoms with Crippen LogP contribution in [-0.4, -0.2) is 41.9 Å². The zero-order valence-electron chi connectivity index (χ0n) is 32.0. The van der Waals surface area contributed by atoms with Gasteiger partial charge in [-0.1, -0.05) is 135 Å². The average Bonchev–Trinajstić information content (AvgIpc) is 3.74. The van der Waals surface area contributed by atoms with E-state index in [1.165, 1.54) is 22.3 Å². The summed E-state index contributed by atoms with van der Waals surface area (Å²) in [5.41, 5.74) is 5.29. The molecule has 7 heteroatoms. The van der Waals surface area contributed by atoms with E-state index in [4.69, 9.17) is 9.47 Å². The lowest BCUT2D eigenvalue weighted by Gasteiger charge is -2.29. The van der Waals surface area contributed by atoms with Crippen LogP contribution in [-0.2, 0) is 50.0 Å². The Morgan fingerprint density at radius 2 is 1.00 bits per heavy atom. The van der Waals surface area contributed by atoms with E-state index in [1.54, 1.807) is 6.92 Å². The number of carbonyl (C=O) groups excluding carboxylic acids is 3. The second-order valence-electron chi connectivity index (χ2n) is 14.2. The molecule has 0 spiro atoms. The molecule has 4 aromatic rings.